The lowest BCUT2D eigenvalue weighted by atomic mass is 10.1. The molecule has 1 aromatic rings. The summed E-state index contributed by atoms with van der Waals surface area (Å²) in [4.78, 5) is 21.8. The first-order valence-corrected chi connectivity index (χ1v) is 7.22. The van der Waals surface area contributed by atoms with Crippen LogP contribution in [0.25, 0.3) is 0 Å². The van der Waals surface area contributed by atoms with Gasteiger partial charge in [-0.25, -0.2) is 14.8 Å². The highest BCUT2D eigenvalue weighted by Gasteiger charge is 2.21. The summed E-state index contributed by atoms with van der Waals surface area (Å²) in [5, 5.41) is 0. The number of hydrogen-bond donors (Lipinski definition) is 1. The standard InChI is InChI=1S/C14H22N4O3/c1-20-14(19)13-16-7-3-12(17-13)18-8-4-11(5-9-18)21-10-2-6-15/h3,7,11H,2,4-6,8-10,15H2,1H3. The van der Waals surface area contributed by atoms with Crippen LogP contribution >= 0.6 is 0 Å². The maximum absolute atomic E-state index is 11.5. The third kappa shape index (κ3) is 4.37. The lowest BCUT2D eigenvalue weighted by Crippen LogP contribution is -2.38. The van der Waals surface area contributed by atoms with Gasteiger partial charge in [0.1, 0.15) is 5.82 Å². The van der Waals surface area contributed by atoms with E-state index >= 15 is 0 Å². The number of piperidine rings is 1. The van der Waals surface area contributed by atoms with Crippen LogP contribution in [0.1, 0.15) is 29.9 Å². The molecule has 0 amide bonds. The zero-order chi connectivity index (χ0) is 15.1. The van der Waals surface area contributed by atoms with Crippen LogP contribution in [0.5, 0.6) is 0 Å². The number of rotatable bonds is 6. The molecule has 0 atom stereocenters. The lowest BCUT2D eigenvalue weighted by Gasteiger charge is -2.32. The van der Waals surface area contributed by atoms with E-state index in [2.05, 4.69) is 19.6 Å². The zero-order valence-electron chi connectivity index (χ0n) is 12.3. The molecule has 1 aliphatic rings. The predicted molar refractivity (Wildman–Crippen MR) is 78.2 cm³/mol. The first-order chi connectivity index (χ1) is 10.2. The van der Waals surface area contributed by atoms with Gasteiger partial charge >= 0.3 is 5.97 Å². The normalized spacial score (nSPS) is 16.0. The van der Waals surface area contributed by atoms with E-state index in [-0.39, 0.29) is 11.9 Å². The summed E-state index contributed by atoms with van der Waals surface area (Å²) < 4.78 is 10.4. The number of esters is 1. The van der Waals surface area contributed by atoms with Crippen molar-refractivity contribution in [3.63, 3.8) is 0 Å². The Morgan fingerprint density at radius 1 is 1.48 bits per heavy atom. The summed E-state index contributed by atoms with van der Waals surface area (Å²) in [7, 11) is 1.32. The van der Waals surface area contributed by atoms with Crippen LogP contribution < -0.4 is 10.6 Å². The van der Waals surface area contributed by atoms with Gasteiger partial charge in [0.2, 0.25) is 5.82 Å². The van der Waals surface area contributed by atoms with Crippen molar-refractivity contribution in [2.24, 2.45) is 5.73 Å². The van der Waals surface area contributed by atoms with Crippen molar-refractivity contribution < 1.29 is 14.3 Å². The van der Waals surface area contributed by atoms with Crippen LogP contribution in [0.2, 0.25) is 0 Å². The van der Waals surface area contributed by atoms with Gasteiger partial charge in [-0.2, -0.15) is 0 Å². The largest absolute Gasteiger partial charge is 0.463 e. The molecule has 2 heterocycles. The van der Waals surface area contributed by atoms with Gasteiger partial charge in [0.05, 0.1) is 13.2 Å². The number of carbonyl (C=O) groups is 1. The fraction of sp³-hybridized carbons (Fsp3) is 0.643. The minimum atomic E-state index is -0.517. The monoisotopic (exact) mass is 294 g/mol. The number of aromatic nitrogens is 2. The van der Waals surface area contributed by atoms with E-state index in [1.807, 2.05) is 6.07 Å². The van der Waals surface area contributed by atoms with E-state index in [1.54, 1.807) is 6.20 Å². The average Bonchev–Trinajstić information content (AvgIpc) is 2.55. The van der Waals surface area contributed by atoms with Gasteiger partial charge in [-0.1, -0.05) is 0 Å². The molecule has 7 heteroatoms. The van der Waals surface area contributed by atoms with Gasteiger partial charge in [-0.3, -0.25) is 0 Å². The highest BCUT2D eigenvalue weighted by molar-refractivity contribution is 5.85. The molecular weight excluding hydrogens is 272 g/mol. The Balaban J connectivity index is 1.88. The Bertz CT molecular complexity index is 461. The molecular formula is C14H22N4O3. The summed E-state index contributed by atoms with van der Waals surface area (Å²) in [5.74, 6) is 0.332. The summed E-state index contributed by atoms with van der Waals surface area (Å²) in [6.45, 7) is 3.09. The molecule has 0 saturated carbocycles. The fourth-order valence-corrected chi connectivity index (χ4v) is 2.30. The molecule has 0 aromatic carbocycles. The number of carbonyl (C=O) groups excluding carboxylic acids is 1. The number of ether oxygens (including phenoxy) is 2. The molecule has 1 fully saturated rings. The Morgan fingerprint density at radius 2 is 2.24 bits per heavy atom. The highest BCUT2D eigenvalue weighted by atomic mass is 16.5. The van der Waals surface area contributed by atoms with E-state index in [9.17, 15) is 4.79 Å². The van der Waals surface area contributed by atoms with Crippen molar-refractivity contribution in [2.75, 3.05) is 38.3 Å². The van der Waals surface area contributed by atoms with Gasteiger partial charge < -0.3 is 20.1 Å². The number of anilines is 1. The molecule has 1 aliphatic heterocycles. The van der Waals surface area contributed by atoms with E-state index in [0.29, 0.717) is 6.54 Å². The second kappa shape index (κ2) is 7.90. The number of nitrogens with zero attached hydrogens (tertiary/aromatic N) is 3. The Labute approximate surface area is 124 Å². The van der Waals surface area contributed by atoms with Gasteiger partial charge in [0.15, 0.2) is 0 Å². The van der Waals surface area contributed by atoms with E-state index < -0.39 is 5.97 Å². The van der Waals surface area contributed by atoms with Gasteiger partial charge in [0, 0.05) is 25.9 Å². The van der Waals surface area contributed by atoms with Gasteiger partial charge in [-0.15, -0.1) is 0 Å². The van der Waals surface area contributed by atoms with Crippen LogP contribution in [-0.4, -0.2) is 55.4 Å². The van der Waals surface area contributed by atoms with Crippen molar-refractivity contribution in [1.29, 1.82) is 0 Å². The molecule has 116 valence electrons. The highest BCUT2D eigenvalue weighted by Crippen LogP contribution is 2.19. The Kier molecular flexibility index (Phi) is 5.89. The zero-order valence-corrected chi connectivity index (χ0v) is 12.3. The van der Waals surface area contributed by atoms with Crippen LogP contribution in [0.3, 0.4) is 0 Å². The second-order valence-corrected chi connectivity index (χ2v) is 4.93. The molecule has 0 aliphatic carbocycles. The van der Waals surface area contributed by atoms with Crippen molar-refractivity contribution in [2.45, 2.75) is 25.4 Å². The van der Waals surface area contributed by atoms with Crippen molar-refractivity contribution in [3.8, 4) is 0 Å². The maximum Gasteiger partial charge on any atom is 0.376 e. The molecule has 2 N–H and O–H groups in total. The van der Waals surface area contributed by atoms with Gasteiger partial charge in [0.25, 0.3) is 0 Å². The van der Waals surface area contributed by atoms with Crippen molar-refractivity contribution >= 4 is 11.8 Å². The SMILES string of the molecule is COC(=O)c1nccc(N2CCC(OCCCN)CC2)n1. The molecule has 21 heavy (non-hydrogen) atoms. The molecule has 7 nitrogen and oxygen atoms in total. The molecule has 1 aromatic heterocycles. The fourth-order valence-electron chi connectivity index (χ4n) is 2.30. The molecule has 0 unspecified atom stereocenters. The molecule has 1 saturated heterocycles. The van der Waals surface area contributed by atoms with Crippen LogP contribution in [0.15, 0.2) is 12.3 Å². The van der Waals surface area contributed by atoms with E-state index in [4.69, 9.17) is 10.5 Å². The second-order valence-electron chi connectivity index (χ2n) is 4.93. The molecule has 2 rings (SSSR count). The maximum atomic E-state index is 11.5. The summed E-state index contributed by atoms with van der Waals surface area (Å²) in [5.41, 5.74) is 5.45. The number of methoxy groups -OCH3 is 1. The Morgan fingerprint density at radius 3 is 2.90 bits per heavy atom. The third-order valence-electron chi connectivity index (χ3n) is 3.48. The van der Waals surface area contributed by atoms with Crippen LogP contribution in [0.4, 0.5) is 5.82 Å². The first kappa shape index (κ1) is 15.7. The van der Waals surface area contributed by atoms with Crippen molar-refractivity contribution in [3.05, 3.63) is 18.1 Å². The molecule has 0 radical (unpaired) electrons. The average molecular weight is 294 g/mol. The number of hydrogen-bond acceptors (Lipinski definition) is 7. The molecule has 0 spiro atoms. The minimum absolute atomic E-state index is 0.0938. The lowest BCUT2D eigenvalue weighted by molar-refractivity contribution is 0.0365. The number of nitrogens with two attached hydrogens (primary N) is 1. The van der Waals surface area contributed by atoms with E-state index in [1.165, 1.54) is 7.11 Å². The van der Waals surface area contributed by atoms with Gasteiger partial charge in [-0.05, 0) is 31.9 Å². The smallest absolute Gasteiger partial charge is 0.376 e. The topological polar surface area (TPSA) is 90.6 Å². The van der Waals surface area contributed by atoms with Crippen LogP contribution in [-0.2, 0) is 9.47 Å². The third-order valence-corrected chi connectivity index (χ3v) is 3.48. The Hall–Kier alpha value is -1.73. The summed E-state index contributed by atoms with van der Waals surface area (Å²) in [6.07, 6.45) is 4.66. The van der Waals surface area contributed by atoms with Crippen molar-refractivity contribution in [1.82, 2.24) is 9.97 Å². The quantitative estimate of drug-likeness (QED) is 0.606. The minimum Gasteiger partial charge on any atom is -0.463 e. The molecule has 0 bridgehead atoms. The predicted octanol–water partition coefficient (Wildman–Crippen LogP) is 0.597. The first-order valence-electron chi connectivity index (χ1n) is 7.22. The summed E-state index contributed by atoms with van der Waals surface area (Å²) >= 11 is 0. The van der Waals surface area contributed by atoms with Crippen LogP contribution in [0, 0.1) is 0 Å². The summed E-state index contributed by atoms with van der Waals surface area (Å²) in [6, 6.07) is 1.81. The van der Waals surface area contributed by atoms with E-state index in [0.717, 1.165) is 44.8 Å².